The average molecular weight is 767 g/mol. The molecule has 2 saturated heterocycles. The van der Waals surface area contributed by atoms with Crippen LogP contribution in [-0.4, -0.2) is 93.1 Å². The Hall–Kier alpha value is -6.19. The average Bonchev–Trinajstić information content (AvgIpc) is 4.05. The van der Waals surface area contributed by atoms with Gasteiger partial charge in [0.2, 0.25) is 17.2 Å². The molecule has 0 aliphatic carbocycles. The van der Waals surface area contributed by atoms with E-state index in [1.54, 1.807) is 46.5 Å². The fourth-order valence-electron chi connectivity index (χ4n) is 7.74. The first-order valence-corrected chi connectivity index (χ1v) is 18.9. The molecule has 16 heteroatoms. The summed E-state index contributed by atoms with van der Waals surface area (Å²) >= 11 is 0. The van der Waals surface area contributed by atoms with Crippen LogP contribution >= 0.6 is 0 Å². The lowest BCUT2D eigenvalue weighted by molar-refractivity contribution is -0.135. The minimum absolute atomic E-state index is 0.148. The molecule has 2 aromatic carbocycles. The first-order valence-electron chi connectivity index (χ1n) is 18.9. The number of hydrogen-bond acceptors (Lipinski definition) is 10. The highest BCUT2D eigenvalue weighted by Gasteiger charge is 2.38. The molecule has 2 fully saturated rings. The summed E-state index contributed by atoms with van der Waals surface area (Å²) in [5, 5.41) is 6.12. The summed E-state index contributed by atoms with van der Waals surface area (Å²) in [5.41, 5.74) is 3.54. The van der Waals surface area contributed by atoms with E-state index in [2.05, 4.69) is 30.6 Å². The number of alkyl carbamates (subject to hydrolysis) is 2. The van der Waals surface area contributed by atoms with Crippen LogP contribution in [0.4, 0.5) is 9.59 Å². The maximum Gasteiger partial charge on any atom is 0.407 e. The van der Waals surface area contributed by atoms with Crippen molar-refractivity contribution < 1.29 is 33.1 Å². The van der Waals surface area contributed by atoms with Crippen LogP contribution in [0.3, 0.4) is 0 Å². The number of benzene rings is 2. The Morgan fingerprint density at radius 3 is 1.96 bits per heavy atom. The quantitative estimate of drug-likeness (QED) is 0.130. The van der Waals surface area contributed by atoms with Gasteiger partial charge in [0.1, 0.15) is 34.9 Å². The van der Waals surface area contributed by atoms with Crippen LogP contribution in [0.25, 0.3) is 44.5 Å². The lowest BCUT2D eigenvalue weighted by Gasteiger charge is -2.30. The van der Waals surface area contributed by atoms with Crippen LogP contribution < -0.4 is 16.1 Å². The van der Waals surface area contributed by atoms with E-state index in [-0.39, 0.29) is 35.2 Å². The van der Waals surface area contributed by atoms with Crippen LogP contribution in [0, 0.1) is 5.92 Å². The predicted octanol–water partition coefficient (Wildman–Crippen LogP) is 5.57. The fraction of sp³-hybridized carbons (Fsp3) is 0.425. The third-order valence-corrected chi connectivity index (χ3v) is 10.8. The maximum absolute atomic E-state index is 13.9. The molecule has 2 aliphatic rings. The largest absolute Gasteiger partial charge is 0.456 e. The second kappa shape index (κ2) is 15.9. The van der Waals surface area contributed by atoms with Gasteiger partial charge < -0.3 is 44.3 Å². The number of aromatic nitrogens is 4. The summed E-state index contributed by atoms with van der Waals surface area (Å²) in [6.07, 6.45) is 5.54. The molecule has 4 unspecified atom stereocenters. The lowest BCUT2D eigenvalue weighted by Crippen LogP contribution is -2.51. The number of carbonyl (C=O) groups is 4. The summed E-state index contributed by atoms with van der Waals surface area (Å²) < 4.78 is 15.7. The Labute approximate surface area is 322 Å². The molecule has 294 valence electrons. The van der Waals surface area contributed by atoms with Gasteiger partial charge in [0.15, 0.2) is 0 Å². The van der Waals surface area contributed by atoms with Crippen LogP contribution in [0.15, 0.2) is 58.0 Å². The Morgan fingerprint density at radius 1 is 0.804 bits per heavy atom. The summed E-state index contributed by atoms with van der Waals surface area (Å²) in [6.45, 7) is 6.66. The highest BCUT2D eigenvalue weighted by atomic mass is 16.5. The number of nitrogens with zero attached hydrogens (tertiary/aromatic N) is 4. The van der Waals surface area contributed by atoms with Gasteiger partial charge in [-0.25, -0.2) is 19.6 Å². The van der Waals surface area contributed by atoms with E-state index in [0.29, 0.717) is 70.9 Å². The topological polar surface area (TPSA) is 205 Å². The van der Waals surface area contributed by atoms with Gasteiger partial charge in [-0.1, -0.05) is 26.8 Å². The molecule has 0 radical (unpaired) electrons. The summed E-state index contributed by atoms with van der Waals surface area (Å²) in [5.74, 6) is 0.731. The van der Waals surface area contributed by atoms with Crippen molar-refractivity contribution in [2.75, 3.05) is 27.3 Å². The third-order valence-electron chi connectivity index (χ3n) is 10.8. The number of amides is 4. The molecule has 2 aliphatic heterocycles. The van der Waals surface area contributed by atoms with Crippen molar-refractivity contribution in [1.29, 1.82) is 0 Å². The molecular weight excluding hydrogens is 720 g/mol. The van der Waals surface area contributed by atoms with Crippen molar-refractivity contribution in [3.63, 3.8) is 0 Å². The number of fused-ring (bicyclic) bond motifs is 2. The number of nitrogens with one attached hydrogen (secondary N) is 4. The molecule has 4 N–H and O–H groups in total. The van der Waals surface area contributed by atoms with Crippen molar-refractivity contribution in [3.05, 3.63) is 70.7 Å². The van der Waals surface area contributed by atoms with Gasteiger partial charge in [-0.05, 0) is 68.4 Å². The van der Waals surface area contributed by atoms with E-state index in [4.69, 9.17) is 13.9 Å². The van der Waals surface area contributed by atoms with Crippen LogP contribution in [-0.2, 0) is 19.1 Å². The summed E-state index contributed by atoms with van der Waals surface area (Å²) in [4.78, 5) is 84.1. The van der Waals surface area contributed by atoms with Crippen molar-refractivity contribution in [2.45, 2.75) is 77.0 Å². The van der Waals surface area contributed by atoms with Gasteiger partial charge in [0.25, 0.3) is 0 Å². The zero-order valence-electron chi connectivity index (χ0n) is 32.0. The Balaban J connectivity index is 1.10. The first-order chi connectivity index (χ1) is 27.0. The second-order valence-corrected chi connectivity index (χ2v) is 14.6. The molecule has 4 atom stereocenters. The first kappa shape index (κ1) is 38.1. The number of carbonyl (C=O) groups excluding carboxylic acids is 4. The van der Waals surface area contributed by atoms with Gasteiger partial charge >= 0.3 is 12.2 Å². The zero-order valence-corrected chi connectivity index (χ0v) is 32.0. The molecule has 4 amide bonds. The van der Waals surface area contributed by atoms with Gasteiger partial charge in [-0.15, -0.1) is 0 Å². The lowest BCUT2D eigenvalue weighted by atomic mass is 10.0. The third kappa shape index (κ3) is 7.30. The standard InChI is InChI=1S/C40H46N8O8/c1-6-26(45-39(52)54-4)37(50)47-15-7-9-29(47)35-42-20-28(44-35)23-11-13-24-32(18-23)56-31-14-12-22(17-25(31)34(24)49)27-19-41-36(43-27)30-10-8-16-48(30)38(51)33(21(2)3)46-40(53)55-5/h11-14,17-21,26,29-30,33H,6-10,15-16H2,1-5H3,(H,41,43)(H,42,44)(H,45,52)(H,46,53). The van der Waals surface area contributed by atoms with E-state index in [0.717, 1.165) is 30.4 Å². The smallest absolute Gasteiger partial charge is 0.407 e. The molecule has 0 spiro atoms. The van der Waals surface area contributed by atoms with Gasteiger partial charge in [0, 0.05) is 24.2 Å². The van der Waals surface area contributed by atoms with Gasteiger partial charge in [-0.2, -0.15) is 0 Å². The van der Waals surface area contributed by atoms with Crippen molar-refractivity contribution in [3.8, 4) is 22.5 Å². The molecule has 5 heterocycles. The maximum atomic E-state index is 13.9. The number of H-pyrrole nitrogens is 2. The number of aromatic amines is 2. The minimum Gasteiger partial charge on any atom is -0.456 e. The van der Waals surface area contributed by atoms with Crippen LogP contribution in [0.5, 0.6) is 0 Å². The molecule has 0 bridgehead atoms. The molecule has 5 aromatic rings. The van der Waals surface area contributed by atoms with Crippen molar-refractivity contribution in [1.82, 2.24) is 40.4 Å². The van der Waals surface area contributed by atoms with E-state index in [9.17, 15) is 24.0 Å². The summed E-state index contributed by atoms with van der Waals surface area (Å²) in [7, 11) is 2.53. The minimum atomic E-state index is -0.738. The van der Waals surface area contributed by atoms with Crippen LogP contribution in [0.2, 0.25) is 0 Å². The van der Waals surface area contributed by atoms with E-state index in [1.165, 1.54) is 14.2 Å². The van der Waals surface area contributed by atoms with Crippen LogP contribution in [0.1, 0.15) is 76.6 Å². The molecule has 7 rings (SSSR count). The number of hydrogen-bond donors (Lipinski definition) is 4. The molecule has 3 aromatic heterocycles. The van der Waals surface area contributed by atoms with Gasteiger partial charge in [-0.3, -0.25) is 14.4 Å². The Kier molecular flexibility index (Phi) is 10.8. The van der Waals surface area contributed by atoms with Crippen molar-refractivity contribution >= 4 is 45.9 Å². The number of methoxy groups -OCH3 is 2. The predicted molar refractivity (Wildman–Crippen MR) is 206 cm³/mol. The fourth-order valence-corrected chi connectivity index (χ4v) is 7.74. The summed E-state index contributed by atoms with van der Waals surface area (Å²) in [6, 6.07) is 8.73. The highest BCUT2D eigenvalue weighted by Crippen LogP contribution is 2.35. The molecule has 56 heavy (non-hydrogen) atoms. The van der Waals surface area contributed by atoms with E-state index >= 15 is 0 Å². The normalized spacial score (nSPS) is 18.0. The van der Waals surface area contributed by atoms with E-state index < -0.39 is 24.3 Å². The molecule has 0 saturated carbocycles. The number of likely N-dealkylation sites (tertiary alicyclic amines) is 2. The zero-order chi connectivity index (χ0) is 39.7. The monoisotopic (exact) mass is 766 g/mol. The molecular formula is C40H46N8O8. The number of rotatable bonds is 10. The molecule has 16 nitrogen and oxygen atoms in total. The van der Waals surface area contributed by atoms with Crippen molar-refractivity contribution in [2.24, 2.45) is 5.92 Å². The second-order valence-electron chi connectivity index (χ2n) is 14.6. The SMILES string of the molecule is CCC(NC(=O)OC)C(=O)N1CCCC1c1ncc(-c2ccc3c(=O)c4cc(-c5cnc(C6CCCN6C(=O)C(NC(=O)OC)C(C)C)[nH]5)ccc4oc3c2)[nH]1. The van der Waals surface area contributed by atoms with E-state index in [1.807, 2.05) is 32.9 Å². The Bertz CT molecular complexity index is 2350. The van der Waals surface area contributed by atoms with Gasteiger partial charge in [0.05, 0.1) is 60.9 Å². The highest BCUT2D eigenvalue weighted by molar-refractivity contribution is 5.93. The number of imidazole rings is 2. The Morgan fingerprint density at radius 2 is 1.38 bits per heavy atom. The number of ether oxygens (including phenoxy) is 2.